The molecule has 0 saturated carbocycles. The molecule has 1 aliphatic rings. The van der Waals surface area contributed by atoms with E-state index in [-0.39, 0.29) is 5.88 Å². The van der Waals surface area contributed by atoms with Crippen LogP contribution in [-0.2, 0) is 6.54 Å². The van der Waals surface area contributed by atoms with E-state index in [0.29, 0.717) is 12.1 Å². The van der Waals surface area contributed by atoms with E-state index in [1.165, 1.54) is 0 Å². The first-order valence-electron chi connectivity index (χ1n) is 6.14. The van der Waals surface area contributed by atoms with Crippen LogP contribution in [0.2, 0.25) is 0 Å². The molecule has 0 amide bonds. The van der Waals surface area contributed by atoms with Gasteiger partial charge in [-0.25, -0.2) is 9.99 Å². The highest BCUT2D eigenvalue weighted by molar-refractivity contribution is 5.28. The summed E-state index contributed by atoms with van der Waals surface area (Å²) in [6.07, 6.45) is 1.18. The lowest BCUT2D eigenvalue weighted by molar-refractivity contribution is -0.154. The number of pyridine rings is 1. The van der Waals surface area contributed by atoms with Crippen molar-refractivity contribution >= 4 is 0 Å². The van der Waals surface area contributed by atoms with Gasteiger partial charge in [0.25, 0.3) is 0 Å². The third kappa shape index (κ3) is 3.86. The average Bonchev–Trinajstić information content (AvgIpc) is 2.73. The van der Waals surface area contributed by atoms with E-state index in [2.05, 4.69) is 14.7 Å². The largest absolute Gasteiger partial charge is 0.468 e. The maximum Gasteiger partial charge on any atom is 0.422 e. The zero-order chi connectivity index (χ0) is 14.8. The molecule has 0 atom stereocenters. The Morgan fingerprint density at radius 2 is 2.15 bits per heavy atom. The Morgan fingerprint density at radius 3 is 2.70 bits per heavy atom. The van der Waals surface area contributed by atoms with Crippen LogP contribution in [0.5, 0.6) is 5.88 Å². The highest BCUT2D eigenvalue weighted by atomic mass is 19.4. The topological polar surface area (TPSA) is 28.6 Å². The van der Waals surface area contributed by atoms with Gasteiger partial charge in [0.2, 0.25) is 5.88 Å². The summed E-state index contributed by atoms with van der Waals surface area (Å²) in [5, 5.41) is 4.04. The molecule has 0 saturated heterocycles. The summed E-state index contributed by atoms with van der Waals surface area (Å²) in [6.45, 7) is 1.83. The summed E-state index contributed by atoms with van der Waals surface area (Å²) < 4.78 is 41.0. The van der Waals surface area contributed by atoms with E-state index >= 15 is 0 Å². The number of alkyl halides is 3. The Kier molecular flexibility index (Phi) is 4.17. The molecular formula is C13H16F3N3O. The van der Waals surface area contributed by atoms with Crippen LogP contribution in [0.1, 0.15) is 11.1 Å². The van der Waals surface area contributed by atoms with Crippen LogP contribution in [0.25, 0.3) is 0 Å². The second-order valence-electron chi connectivity index (χ2n) is 4.68. The molecule has 1 aliphatic heterocycles. The molecule has 0 N–H and O–H groups in total. The van der Waals surface area contributed by atoms with Gasteiger partial charge in [-0.1, -0.05) is 6.08 Å². The van der Waals surface area contributed by atoms with E-state index < -0.39 is 12.8 Å². The molecule has 4 nitrogen and oxygen atoms in total. The Hall–Kier alpha value is -1.76. The van der Waals surface area contributed by atoms with Crippen LogP contribution in [0.3, 0.4) is 0 Å². The second kappa shape index (κ2) is 5.70. The maximum atomic E-state index is 12.1. The number of ether oxygens (including phenoxy) is 1. The van der Waals surface area contributed by atoms with Crippen molar-refractivity contribution in [3.05, 3.63) is 35.7 Å². The van der Waals surface area contributed by atoms with E-state index in [1.807, 2.05) is 24.3 Å². The molecule has 0 aromatic carbocycles. The molecule has 2 heterocycles. The quantitative estimate of drug-likeness (QED) is 0.851. The van der Waals surface area contributed by atoms with Gasteiger partial charge in [-0.05, 0) is 18.6 Å². The molecule has 0 fully saturated rings. The third-order valence-corrected chi connectivity index (χ3v) is 2.91. The van der Waals surface area contributed by atoms with Crippen molar-refractivity contribution in [3.63, 3.8) is 0 Å². The van der Waals surface area contributed by atoms with Crippen LogP contribution in [0.4, 0.5) is 13.2 Å². The fraction of sp³-hybridized carbons (Fsp3) is 0.462. The number of aryl methyl sites for hydroxylation is 1. The first-order chi connectivity index (χ1) is 9.35. The number of rotatable bonds is 4. The minimum atomic E-state index is -4.35. The monoisotopic (exact) mass is 287 g/mol. The van der Waals surface area contributed by atoms with E-state index in [0.717, 1.165) is 12.1 Å². The van der Waals surface area contributed by atoms with Gasteiger partial charge < -0.3 is 9.75 Å². The van der Waals surface area contributed by atoms with Gasteiger partial charge in [-0.15, -0.1) is 0 Å². The number of hydrogen-bond acceptors (Lipinski definition) is 4. The van der Waals surface area contributed by atoms with Crippen molar-refractivity contribution in [2.24, 2.45) is 0 Å². The fourth-order valence-corrected chi connectivity index (χ4v) is 1.94. The molecule has 0 radical (unpaired) electrons. The summed E-state index contributed by atoms with van der Waals surface area (Å²) in [5.74, 6) is 0.0268. The Bertz CT molecular complexity index is 502. The summed E-state index contributed by atoms with van der Waals surface area (Å²) >= 11 is 0. The molecule has 110 valence electrons. The highest BCUT2D eigenvalue weighted by Crippen LogP contribution is 2.21. The molecule has 0 bridgehead atoms. The minimum absolute atomic E-state index is 0.0268. The van der Waals surface area contributed by atoms with Crippen LogP contribution in [0.15, 0.2) is 24.5 Å². The Morgan fingerprint density at radius 1 is 1.40 bits per heavy atom. The summed E-state index contributed by atoms with van der Waals surface area (Å²) in [7, 11) is 1.94. The Labute approximate surface area is 115 Å². The molecule has 2 rings (SSSR count). The van der Waals surface area contributed by atoms with E-state index in [4.69, 9.17) is 0 Å². The summed E-state index contributed by atoms with van der Waals surface area (Å²) in [4.78, 5) is 3.96. The molecule has 0 unspecified atom stereocenters. The fourth-order valence-electron chi connectivity index (χ4n) is 1.94. The van der Waals surface area contributed by atoms with Crippen LogP contribution < -0.4 is 4.74 Å². The second-order valence-corrected chi connectivity index (χ2v) is 4.68. The van der Waals surface area contributed by atoms with Gasteiger partial charge >= 0.3 is 6.18 Å². The maximum absolute atomic E-state index is 12.1. The zero-order valence-corrected chi connectivity index (χ0v) is 11.3. The molecule has 1 aromatic rings. The number of halogens is 3. The molecule has 0 spiro atoms. The molecule has 7 heteroatoms. The van der Waals surface area contributed by atoms with E-state index in [1.54, 1.807) is 19.2 Å². The van der Waals surface area contributed by atoms with Gasteiger partial charge in [0, 0.05) is 38.1 Å². The lowest BCUT2D eigenvalue weighted by Gasteiger charge is -2.25. The smallest absolute Gasteiger partial charge is 0.422 e. The number of nitrogens with zero attached hydrogens (tertiary/aromatic N) is 3. The summed E-state index contributed by atoms with van der Waals surface area (Å²) in [5.41, 5.74) is 1.53. The van der Waals surface area contributed by atoms with E-state index in [9.17, 15) is 13.2 Å². The first kappa shape index (κ1) is 14.6. The Balaban J connectivity index is 1.98. The van der Waals surface area contributed by atoms with Crippen LogP contribution >= 0.6 is 0 Å². The zero-order valence-electron chi connectivity index (χ0n) is 11.3. The molecule has 1 aromatic heterocycles. The molecule has 0 aliphatic carbocycles. The van der Waals surface area contributed by atoms with Crippen LogP contribution in [-0.4, -0.2) is 41.4 Å². The average molecular weight is 287 g/mol. The SMILES string of the molecule is Cc1cc(CN2CC=CN2C)cnc1OCC(F)(F)F. The summed E-state index contributed by atoms with van der Waals surface area (Å²) in [6, 6.07) is 1.80. The van der Waals surface area contributed by atoms with Gasteiger partial charge in [0.1, 0.15) is 0 Å². The van der Waals surface area contributed by atoms with Gasteiger partial charge in [0.15, 0.2) is 6.61 Å². The van der Waals surface area contributed by atoms with Crippen molar-refractivity contribution in [2.75, 3.05) is 20.2 Å². The normalized spacial score (nSPS) is 15.9. The predicted octanol–water partition coefficient (Wildman–Crippen LogP) is 2.51. The number of aromatic nitrogens is 1. The number of hydrazine groups is 1. The third-order valence-electron chi connectivity index (χ3n) is 2.91. The van der Waals surface area contributed by atoms with Gasteiger partial charge in [-0.3, -0.25) is 0 Å². The van der Waals surface area contributed by atoms with Crippen molar-refractivity contribution < 1.29 is 17.9 Å². The van der Waals surface area contributed by atoms with Crippen molar-refractivity contribution in [1.82, 2.24) is 15.0 Å². The predicted molar refractivity (Wildman–Crippen MR) is 67.8 cm³/mol. The molecular weight excluding hydrogens is 271 g/mol. The highest BCUT2D eigenvalue weighted by Gasteiger charge is 2.29. The van der Waals surface area contributed by atoms with Crippen molar-refractivity contribution in [3.8, 4) is 5.88 Å². The van der Waals surface area contributed by atoms with Crippen molar-refractivity contribution in [2.45, 2.75) is 19.6 Å². The van der Waals surface area contributed by atoms with Gasteiger partial charge in [0.05, 0.1) is 0 Å². The van der Waals surface area contributed by atoms with Gasteiger partial charge in [-0.2, -0.15) is 13.2 Å². The lowest BCUT2D eigenvalue weighted by atomic mass is 10.2. The standard InChI is InChI=1S/C13H16F3N3O/c1-10-6-11(8-19-5-3-4-18(19)2)7-17-12(10)20-9-13(14,15)16/h3-4,6-7H,5,8-9H2,1-2H3. The first-order valence-corrected chi connectivity index (χ1v) is 6.14. The minimum Gasteiger partial charge on any atom is -0.468 e. The van der Waals surface area contributed by atoms with Crippen LogP contribution in [0, 0.1) is 6.92 Å². The van der Waals surface area contributed by atoms with Crippen molar-refractivity contribution in [1.29, 1.82) is 0 Å². The lowest BCUT2D eigenvalue weighted by Crippen LogP contribution is -2.31. The number of hydrogen-bond donors (Lipinski definition) is 0. The molecule has 20 heavy (non-hydrogen) atoms.